The predicted octanol–water partition coefficient (Wildman–Crippen LogP) is 2.38. The highest BCUT2D eigenvalue weighted by molar-refractivity contribution is 5.97. The molecule has 114 valence electrons. The average molecular weight is 295 g/mol. The number of carbonyl (C=O) groups is 2. The van der Waals surface area contributed by atoms with Gasteiger partial charge in [0.15, 0.2) is 5.78 Å². The lowest BCUT2D eigenvalue weighted by atomic mass is 9.95. The van der Waals surface area contributed by atoms with E-state index in [0.29, 0.717) is 0 Å². The van der Waals surface area contributed by atoms with Crippen LogP contribution in [-0.4, -0.2) is 30.4 Å². The predicted molar refractivity (Wildman–Crippen MR) is 74.4 cm³/mol. The fourth-order valence-electron chi connectivity index (χ4n) is 1.63. The van der Waals surface area contributed by atoms with E-state index in [9.17, 15) is 19.7 Å². The molecule has 21 heavy (non-hydrogen) atoms. The van der Waals surface area contributed by atoms with Crippen LogP contribution in [0.5, 0.6) is 5.75 Å². The second kappa shape index (κ2) is 6.34. The van der Waals surface area contributed by atoms with Crippen LogP contribution in [0.4, 0.5) is 5.69 Å². The van der Waals surface area contributed by atoms with Gasteiger partial charge in [-0.3, -0.25) is 19.7 Å². The first kappa shape index (κ1) is 16.6. The first-order chi connectivity index (χ1) is 9.69. The Kier molecular flexibility index (Phi) is 5.02. The number of methoxy groups -OCH3 is 1. The van der Waals surface area contributed by atoms with Gasteiger partial charge in [-0.25, -0.2) is 0 Å². The first-order valence-electron chi connectivity index (χ1n) is 6.19. The van der Waals surface area contributed by atoms with Crippen molar-refractivity contribution >= 4 is 17.4 Å². The highest BCUT2D eigenvalue weighted by atomic mass is 16.6. The van der Waals surface area contributed by atoms with Crippen LogP contribution in [0.3, 0.4) is 0 Å². The van der Waals surface area contributed by atoms with Crippen molar-refractivity contribution in [2.45, 2.75) is 20.8 Å². The topological polar surface area (TPSA) is 95.7 Å². The van der Waals surface area contributed by atoms with Crippen LogP contribution < -0.4 is 4.74 Å². The summed E-state index contributed by atoms with van der Waals surface area (Å²) in [4.78, 5) is 33.3. The van der Waals surface area contributed by atoms with E-state index in [1.807, 2.05) is 0 Å². The highest BCUT2D eigenvalue weighted by Crippen LogP contribution is 2.27. The van der Waals surface area contributed by atoms with Gasteiger partial charge in [-0.05, 0) is 26.8 Å². The summed E-state index contributed by atoms with van der Waals surface area (Å²) < 4.78 is 10.1. The summed E-state index contributed by atoms with van der Waals surface area (Å²) in [7, 11) is 1.27. The van der Waals surface area contributed by atoms with Gasteiger partial charge < -0.3 is 9.47 Å². The molecule has 0 aliphatic carbocycles. The molecule has 0 unspecified atom stereocenters. The van der Waals surface area contributed by atoms with Gasteiger partial charge in [0, 0.05) is 12.1 Å². The lowest BCUT2D eigenvalue weighted by Crippen LogP contribution is -2.32. The van der Waals surface area contributed by atoms with Crippen molar-refractivity contribution in [3.63, 3.8) is 0 Å². The van der Waals surface area contributed by atoms with E-state index in [1.54, 1.807) is 13.8 Å². The maximum absolute atomic E-state index is 11.6. The maximum atomic E-state index is 11.6. The zero-order valence-corrected chi connectivity index (χ0v) is 12.3. The molecule has 0 amide bonds. The van der Waals surface area contributed by atoms with Crippen LogP contribution in [0.1, 0.15) is 31.1 Å². The summed E-state index contributed by atoms with van der Waals surface area (Å²) >= 11 is 0. The maximum Gasteiger partial charge on any atom is 0.314 e. The number of Topliss-reactive ketones (excluding diaryl/α,β-unsaturated/α-hetero) is 1. The van der Waals surface area contributed by atoms with Crippen molar-refractivity contribution in [3.05, 3.63) is 33.9 Å². The van der Waals surface area contributed by atoms with Gasteiger partial charge in [0.05, 0.1) is 23.0 Å². The molecule has 7 nitrogen and oxygen atoms in total. The molecule has 0 radical (unpaired) electrons. The first-order valence-corrected chi connectivity index (χ1v) is 6.19. The van der Waals surface area contributed by atoms with E-state index >= 15 is 0 Å². The molecular weight excluding hydrogens is 278 g/mol. The van der Waals surface area contributed by atoms with E-state index in [1.165, 1.54) is 26.2 Å². The Bertz CT molecular complexity index is 579. The number of hydrogen-bond acceptors (Lipinski definition) is 6. The lowest BCUT2D eigenvalue weighted by molar-refractivity contribution is -0.384. The summed E-state index contributed by atoms with van der Waals surface area (Å²) in [6.45, 7) is 4.55. The zero-order valence-electron chi connectivity index (χ0n) is 12.3. The molecule has 7 heteroatoms. The van der Waals surface area contributed by atoms with Gasteiger partial charge in [-0.15, -0.1) is 0 Å². The van der Waals surface area contributed by atoms with Gasteiger partial charge >= 0.3 is 5.97 Å². The number of ether oxygens (including phenoxy) is 2. The summed E-state index contributed by atoms with van der Waals surface area (Å²) in [5.41, 5.74) is -0.991. The molecule has 0 heterocycles. The minimum atomic E-state index is -0.898. The van der Waals surface area contributed by atoms with Crippen molar-refractivity contribution in [3.8, 4) is 5.75 Å². The number of esters is 1. The van der Waals surface area contributed by atoms with E-state index in [2.05, 4.69) is 4.74 Å². The molecule has 0 bridgehead atoms. The minimum absolute atomic E-state index is 0.0161. The number of benzene rings is 1. The molecule has 0 aromatic heterocycles. The highest BCUT2D eigenvalue weighted by Gasteiger charge is 2.30. The molecule has 0 saturated carbocycles. The summed E-state index contributed by atoms with van der Waals surface area (Å²) in [5.74, 6) is -0.608. The number of nitrogens with zero attached hydrogens (tertiary/aromatic N) is 1. The zero-order chi connectivity index (χ0) is 16.2. The van der Waals surface area contributed by atoms with Crippen LogP contribution in [0.2, 0.25) is 0 Å². The Balaban J connectivity index is 3.01. The SMILES string of the molecule is COC(=O)C(C)(C)COc1ccc([N+](=O)[O-])cc1C(C)=O. The molecule has 0 spiro atoms. The van der Waals surface area contributed by atoms with Gasteiger partial charge in [0.2, 0.25) is 0 Å². The second-order valence-corrected chi connectivity index (χ2v) is 5.16. The van der Waals surface area contributed by atoms with Gasteiger partial charge in [0.25, 0.3) is 5.69 Å². The molecule has 1 aromatic rings. The summed E-state index contributed by atoms with van der Waals surface area (Å²) in [6.07, 6.45) is 0. The number of ketones is 1. The molecule has 0 saturated heterocycles. The number of nitro benzene ring substituents is 1. The monoisotopic (exact) mass is 295 g/mol. The van der Waals surface area contributed by atoms with Crippen LogP contribution in [0.25, 0.3) is 0 Å². The third kappa shape index (κ3) is 4.01. The Morgan fingerprint density at radius 2 is 1.95 bits per heavy atom. The third-order valence-electron chi connectivity index (χ3n) is 2.88. The molecule has 0 aliphatic rings. The number of hydrogen-bond donors (Lipinski definition) is 0. The normalized spacial score (nSPS) is 10.9. The fraction of sp³-hybridized carbons (Fsp3) is 0.429. The van der Waals surface area contributed by atoms with E-state index in [4.69, 9.17) is 4.74 Å². The van der Waals surface area contributed by atoms with E-state index in [-0.39, 0.29) is 29.4 Å². The van der Waals surface area contributed by atoms with Crippen LogP contribution in [0, 0.1) is 15.5 Å². The largest absolute Gasteiger partial charge is 0.492 e. The van der Waals surface area contributed by atoms with Crippen molar-refractivity contribution in [2.75, 3.05) is 13.7 Å². The molecule has 0 fully saturated rings. The Morgan fingerprint density at radius 1 is 1.33 bits per heavy atom. The summed E-state index contributed by atoms with van der Waals surface area (Å²) in [6, 6.07) is 3.75. The van der Waals surface area contributed by atoms with Crippen LogP contribution in [0.15, 0.2) is 18.2 Å². The Labute approximate surface area is 122 Å². The second-order valence-electron chi connectivity index (χ2n) is 5.16. The van der Waals surface area contributed by atoms with Crippen LogP contribution >= 0.6 is 0 Å². The minimum Gasteiger partial charge on any atom is -0.492 e. The number of non-ortho nitro benzene ring substituents is 1. The lowest BCUT2D eigenvalue weighted by Gasteiger charge is -2.22. The van der Waals surface area contributed by atoms with Gasteiger partial charge in [-0.1, -0.05) is 0 Å². The van der Waals surface area contributed by atoms with Crippen LogP contribution in [-0.2, 0) is 9.53 Å². The third-order valence-corrected chi connectivity index (χ3v) is 2.88. The Morgan fingerprint density at radius 3 is 2.43 bits per heavy atom. The van der Waals surface area contributed by atoms with E-state index < -0.39 is 16.3 Å². The fourth-order valence-corrected chi connectivity index (χ4v) is 1.63. The quantitative estimate of drug-likeness (QED) is 0.346. The van der Waals surface area contributed by atoms with Gasteiger partial charge in [0.1, 0.15) is 12.4 Å². The molecule has 1 rings (SSSR count). The Hall–Kier alpha value is -2.44. The standard InChI is InChI=1S/C14H17NO6/c1-9(16)11-7-10(15(18)19)5-6-12(11)21-8-14(2,3)13(17)20-4/h5-7H,8H2,1-4H3. The van der Waals surface area contributed by atoms with Crippen molar-refractivity contribution in [1.29, 1.82) is 0 Å². The smallest absolute Gasteiger partial charge is 0.314 e. The molecule has 0 aliphatic heterocycles. The number of carbonyl (C=O) groups excluding carboxylic acids is 2. The van der Waals surface area contributed by atoms with Gasteiger partial charge in [-0.2, -0.15) is 0 Å². The molecular formula is C14H17NO6. The summed E-state index contributed by atoms with van der Waals surface area (Å²) in [5, 5.41) is 10.7. The molecule has 0 N–H and O–H groups in total. The molecule has 1 aromatic carbocycles. The number of nitro groups is 1. The van der Waals surface area contributed by atoms with Crippen molar-refractivity contribution in [1.82, 2.24) is 0 Å². The number of rotatable bonds is 6. The average Bonchev–Trinajstić information content (AvgIpc) is 2.43. The van der Waals surface area contributed by atoms with Crippen molar-refractivity contribution < 1.29 is 24.0 Å². The van der Waals surface area contributed by atoms with Crippen molar-refractivity contribution in [2.24, 2.45) is 5.41 Å². The molecule has 0 atom stereocenters. The van der Waals surface area contributed by atoms with E-state index in [0.717, 1.165) is 6.07 Å².